The highest BCUT2D eigenvalue weighted by atomic mass is 16.6. The van der Waals surface area contributed by atoms with E-state index >= 15 is 0 Å². The number of ether oxygens (including phenoxy) is 1. The lowest BCUT2D eigenvalue weighted by Gasteiger charge is -2.45. The molecule has 1 amide bonds. The highest BCUT2D eigenvalue weighted by Gasteiger charge is 2.63. The Balaban J connectivity index is 2.02. The standard InChI is InChI=1S/C18H14N4O4/c19-8-11-10-4-1-2-5-12(10)18(26-15(11)9-20)16-13(21-17(18)23)6-3-7-14(16)22(24)25/h3,6-7,10,12H,1-2,4-5H2,(H,21,23). The van der Waals surface area contributed by atoms with Crippen LogP contribution >= 0.6 is 0 Å². The fraction of sp³-hybridized carbons (Fsp3) is 0.389. The van der Waals surface area contributed by atoms with Gasteiger partial charge in [0, 0.05) is 17.9 Å². The molecule has 0 radical (unpaired) electrons. The lowest BCUT2D eigenvalue weighted by molar-refractivity contribution is -0.386. The van der Waals surface area contributed by atoms with Gasteiger partial charge in [-0.1, -0.05) is 18.9 Å². The van der Waals surface area contributed by atoms with Gasteiger partial charge in [-0.3, -0.25) is 14.9 Å². The van der Waals surface area contributed by atoms with Gasteiger partial charge in [-0.25, -0.2) is 0 Å². The molecule has 2 aliphatic heterocycles. The van der Waals surface area contributed by atoms with Crippen molar-refractivity contribution < 1.29 is 14.5 Å². The van der Waals surface area contributed by atoms with Crippen LogP contribution in [0, 0.1) is 44.6 Å². The summed E-state index contributed by atoms with van der Waals surface area (Å²) < 4.78 is 5.87. The van der Waals surface area contributed by atoms with Crippen LogP contribution in [0.1, 0.15) is 31.2 Å². The van der Waals surface area contributed by atoms with E-state index in [2.05, 4.69) is 11.4 Å². The Morgan fingerprint density at radius 3 is 2.73 bits per heavy atom. The van der Waals surface area contributed by atoms with E-state index in [1.54, 1.807) is 6.07 Å². The number of nitro benzene ring substituents is 1. The van der Waals surface area contributed by atoms with Gasteiger partial charge in [0.15, 0.2) is 0 Å². The van der Waals surface area contributed by atoms with Crippen LogP contribution in [0.2, 0.25) is 0 Å². The first-order chi connectivity index (χ1) is 12.5. The molecule has 3 aliphatic rings. The maximum absolute atomic E-state index is 13.0. The quantitative estimate of drug-likeness (QED) is 0.612. The van der Waals surface area contributed by atoms with Crippen molar-refractivity contribution in [2.75, 3.05) is 5.32 Å². The van der Waals surface area contributed by atoms with Gasteiger partial charge in [0.2, 0.25) is 11.4 Å². The number of allylic oxidation sites excluding steroid dienone is 2. The molecule has 26 heavy (non-hydrogen) atoms. The van der Waals surface area contributed by atoms with Gasteiger partial charge in [0.1, 0.15) is 11.6 Å². The third-order valence-corrected chi connectivity index (χ3v) is 5.58. The van der Waals surface area contributed by atoms with Crippen LogP contribution in [-0.4, -0.2) is 10.8 Å². The number of rotatable bonds is 1. The van der Waals surface area contributed by atoms with E-state index in [0.29, 0.717) is 18.5 Å². The van der Waals surface area contributed by atoms with Crippen LogP contribution in [0.3, 0.4) is 0 Å². The van der Waals surface area contributed by atoms with E-state index in [1.165, 1.54) is 12.1 Å². The summed E-state index contributed by atoms with van der Waals surface area (Å²) in [4.78, 5) is 24.1. The van der Waals surface area contributed by atoms with Crippen molar-refractivity contribution in [3.8, 4) is 12.1 Å². The number of nitrogens with one attached hydrogen (secondary N) is 1. The van der Waals surface area contributed by atoms with Crippen molar-refractivity contribution in [2.24, 2.45) is 11.8 Å². The molecule has 1 spiro atoms. The Morgan fingerprint density at radius 2 is 2.04 bits per heavy atom. The topological polar surface area (TPSA) is 129 Å². The summed E-state index contributed by atoms with van der Waals surface area (Å²) in [5.74, 6) is -1.47. The van der Waals surface area contributed by atoms with E-state index in [0.717, 1.165) is 12.8 Å². The SMILES string of the molecule is N#CC1=C(C#N)C2CCCCC2C2(O1)C(=O)Nc1cccc([N+](=O)[O-])c12. The lowest BCUT2D eigenvalue weighted by Crippen LogP contribution is -2.51. The Kier molecular flexibility index (Phi) is 3.45. The third kappa shape index (κ3) is 1.90. The molecule has 3 atom stereocenters. The normalized spacial score (nSPS) is 29.1. The van der Waals surface area contributed by atoms with Gasteiger partial charge >= 0.3 is 0 Å². The van der Waals surface area contributed by atoms with Crippen molar-refractivity contribution in [2.45, 2.75) is 31.3 Å². The lowest BCUT2D eigenvalue weighted by atomic mass is 9.63. The average molecular weight is 350 g/mol. The number of fused-ring (bicyclic) bond motifs is 4. The summed E-state index contributed by atoms with van der Waals surface area (Å²) in [7, 11) is 0. The minimum atomic E-state index is -1.64. The molecule has 0 bridgehead atoms. The number of nitrogens with zero attached hydrogens (tertiary/aromatic N) is 3. The third-order valence-electron chi connectivity index (χ3n) is 5.58. The van der Waals surface area contributed by atoms with Gasteiger partial charge in [-0.05, 0) is 18.9 Å². The summed E-state index contributed by atoms with van der Waals surface area (Å²) in [5.41, 5.74) is -1.14. The zero-order valence-electron chi connectivity index (χ0n) is 13.7. The van der Waals surface area contributed by atoms with Crippen LogP contribution < -0.4 is 5.32 Å². The van der Waals surface area contributed by atoms with Gasteiger partial charge in [-0.15, -0.1) is 0 Å². The molecule has 1 aliphatic carbocycles. The summed E-state index contributed by atoms with van der Waals surface area (Å²) >= 11 is 0. The van der Waals surface area contributed by atoms with Crippen molar-refractivity contribution >= 4 is 17.3 Å². The minimum absolute atomic E-state index is 0.164. The van der Waals surface area contributed by atoms with E-state index in [1.807, 2.05) is 6.07 Å². The van der Waals surface area contributed by atoms with E-state index < -0.39 is 22.3 Å². The molecule has 1 aromatic carbocycles. The number of carbonyl (C=O) groups excluding carboxylic acids is 1. The number of anilines is 1. The van der Waals surface area contributed by atoms with Crippen LogP contribution in [-0.2, 0) is 15.1 Å². The number of hydrogen-bond donors (Lipinski definition) is 1. The van der Waals surface area contributed by atoms with Crippen LogP contribution in [0.5, 0.6) is 0 Å². The highest BCUT2D eigenvalue weighted by Crippen LogP contribution is 2.58. The number of benzene rings is 1. The van der Waals surface area contributed by atoms with Crippen molar-refractivity contribution in [1.82, 2.24) is 0 Å². The number of nitro groups is 1. The van der Waals surface area contributed by atoms with Crippen molar-refractivity contribution in [3.05, 3.63) is 45.2 Å². The molecule has 0 saturated heterocycles. The number of nitriles is 2. The zero-order chi connectivity index (χ0) is 18.5. The van der Waals surface area contributed by atoms with Gasteiger partial charge < -0.3 is 10.1 Å². The zero-order valence-corrected chi connectivity index (χ0v) is 13.7. The van der Waals surface area contributed by atoms with Gasteiger partial charge in [-0.2, -0.15) is 10.5 Å². The second-order valence-corrected chi connectivity index (χ2v) is 6.71. The first-order valence-corrected chi connectivity index (χ1v) is 8.37. The number of amides is 1. The van der Waals surface area contributed by atoms with E-state index in [-0.39, 0.29) is 28.5 Å². The molecule has 8 nitrogen and oxygen atoms in total. The molecule has 2 heterocycles. The van der Waals surface area contributed by atoms with Crippen LogP contribution in [0.4, 0.5) is 11.4 Å². The molecule has 1 fully saturated rings. The van der Waals surface area contributed by atoms with E-state index in [9.17, 15) is 25.4 Å². The molecule has 130 valence electrons. The van der Waals surface area contributed by atoms with E-state index in [4.69, 9.17) is 4.74 Å². The monoisotopic (exact) mass is 350 g/mol. The second-order valence-electron chi connectivity index (χ2n) is 6.71. The Morgan fingerprint density at radius 1 is 1.27 bits per heavy atom. The van der Waals surface area contributed by atoms with Crippen molar-refractivity contribution in [1.29, 1.82) is 10.5 Å². The molecular weight excluding hydrogens is 336 g/mol. The molecule has 3 unspecified atom stereocenters. The summed E-state index contributed by atoms with van der Waals surface area (Å²) in [6.45, 7) is 0. The smallest absolute Gasteiger partial charge is 0.279 e. The fourth-order valence-corrected chi connectivity index (χ4v) is 4.61. The minimum Gasteiger partial charge on any atom is -0.461 e. The predicted octanol–water partition coefficient (Wildman–Crippen LogP) is 2.88. The predicted molar refractivity (Wildman–Crippen MR) is 88.2 cm³/mol. The Labute approximate surface area is 148 Å². The maximum Gasteiger partial charge on any atom is 0.279 e. The summed E-state index contributed by atoms with van der Waals surface area (Å²) in [5, 5.41) is 33.3. The maximum atomic E-state index is 13.0. The molecular formula is C18H14N4O4. The second kappa shape index (κ2) is 5.57. The molecule has 1 saturated carbocycles. The highest BCUT2D eigenvalue weighted by molar-refractivity contribution is 6.07. The first kappa shape index (κ1) is 16.1. The molecule has 4 rings (SSSR count). The Hall–Kier alpha value is -3.39. The fourth-order valence-electron chi connectivity index (χ4n) is 4.61. The Bertz CT molecular complexity index is 955. The van der Waals surface area contributed by atoms with Gasteiger partial charge in [0.05, 0.1) is 22.3 Å². The number of hydrogen-bond acceptors (Lipinski definition) is 6. The largest absolute Gasteiger partial charge is 0.461 e. The average Bonchev–Trinajstić information content (AvgIpc) is 2.93. The van der Waals surface area contributed by atoms with Gasteiger partial charge in [0.25, 0.3) is 11.6 Å². The molecule has 0 aromatic heterocycles. The van der Waals surface area contributed by atoms with Crippen LogP contribution in [0.25, 0.3) is 0 Å². The molecule has 8 heteroatoms. The van der Waals surface area contributed by atoms with Crippen molar-refractivity contribution in [3.63, 3.8) is 0 Å². The molecule has 1 aromatic rings. The van der Waals surface area contributed by atoms with Crippen LogP contribution in [0.15, 0.2) is 29.5 Å². The first-order valence-electron chi connectivity index (χ1n) is 8.37. The number of carbonyl (C=O) groups is 1. The summed E-state index contributed by atoms with van der Waals surface area (Å²) in [6, 6.07) is 8.35. The molecule has 1 N–H and O–H groups in total. The summed E-state index contributed by atoms with van der Waals surface area (Å²) in [6.07, 6.45) is 2.93.